The Labute approximate surface area is 99.1 Å². The van der Waals surface area contributed by atoms with E-state index >= 15 is 0 Å². The average Bonchev–Trinajstić information content (AvgIpc) is 2.26. The zero-order chi connectivity index (χ0) is 13.3. The normalized spacial score (nSPS) is 12.2. The van der Waals surface area contributed by atoms with E-state index in [1.54, 1.807) is 6.07 Å². The van der Waals surface area contributed by atoms with Gasteiger partial charge < -0.3 is 10.1 Å². The lowest BCUT2D eigenvalue weighted by Gasteiger charge is -1.97. The zero-order valence-electron chi connectivity index (χ0n) is 9.08. The molecule has 0 aromatic carbocycles. The van der Waals surface area contributed by atoms with Crippen molar-refractivity contribution in [2.75, 3.05) is 19.4 Å². The number of hydrogen-bond acceptors (Lipinski definition) is 6. The van der Waals surface area contributed by atoms with Gasteiger partial charge >= 0.3 is 5.97 Å². The molecule has 0 bridgehead atoms. The number of nitrogens with zero attached hydrogens (tertiary/aromatic N) is 1. The molecule has 0 unspecified atom stereocenters. The SMILES string of the molecule is COC(=O)/C(C#N)=C/C=C/NCCS(=O)(=O)O. The fraction of sp³-hybridized carbons (Fsp3) is 0.333. The van der Waals surface area contributed by atoms with Crippen molar-refractivity contribution in [3.05, 3.63) is 23.9 Å². The molecule has 0 radical (unpaired) electrons. The highest BCUT2D eigenvalue weighted by Gasteiger charge is 2.05. The molecule has 0 spiro atoms. The molecule has 0 rings (SSSR count). The minimum Gasteiger partial charge on any atom is -0.465 e. The highest BCUT2D eigenvalue weighted by molar-refractivity contribution is 7.85. The highest BCUT2D eigenvalue weighted by Crippen LogP contribution is 1.95. The van der Waals surface area contributed by atoms with Crippen LogP contribution in [0.2, 0.25) is 0 Å². The van der Waals surface area contributed by atoms with Gasteiger partial charge in [0.05, 0.1) is 12.9 Å². The lowest BCUT2D eigenvalue weighted by molar-refractivity contribution is -0.135. The van der Waals surface area contributed by atoms with Gasteiger partial charge in [-0.25, -0.2) is 4.79 Å². The Morgan fingerprint density at radius 1 is 1.59 bits per heavy atom. The highest BCUT2D eigenvalue weighted by atomic mass is 32.2. The van der Waals surface area contributed by atoms with Crippen LogP contribution in [0.3, 0.4) is 0 Å². The van der Waals surface area contributed by atoms with Gasteiger partial charge in [-0.15, -0.1) is 0 Å². The van der Waals surface area contributed by atoms with Crippen LogP contribution in [0, 0.1) is 11.3 Å². The lowest BCUT2D eigenvalue weighted by atomic mass is 10.3. The Morgan fingerprint density at radius 2 is 2.24 bits per heavy atom. The molecule has 2 N–H and O–H groups in total. The molecule has 0 saturated heterocycles. The predicted molar refractivity (Wildman–Crippen MR) is 59.3 cm³/mol. The van der Waals surface area contributed by atoms with E-state index in [9.17, 15) is 13.2 Å². The van der Waals surface area contributed by atoms with E-state index in [-0.39, 0.29) is 12.1 Å². The van der Waals surface area contributed by atoms with Crippen molar-refractivity contribution in [2.24, 2.45) is 0 Å². The minimum absolute atomic E-state index is 0.0171. The number of methoxy groups -OCH3 is 1. The Bertz CT molecular complexity index is 458. The predicted octanol–water partition coefficient (Wildman–Crippen LogP) is -0.400. The Morgan fingerprint density at radius 3 is 2.71 bits per heavy atom. The first-order valence-corrected chi connectivity index (χ1v) is 6.05. The van der Waals surface area contributed by atoms with Gasteiger partial charge in [0.25, 0.3) is 10.1 Å². The number of nitriles is 1. The van der Waals surface area contributed by atoms with Crippen molar-refractivity contribution in [3.8, 4) is 6.07 Å². The van der Waals surface area contributed by atoms with E-state index in [0.717, 1.165) is 7.11 Å². The molecule has 17 heavy (non-hydrogen) atoms. The number of allylic oxidation sites excluding steroid dienone is 2. The first-order valence-electron chi connectivity index (χ1n) is 4.44. The van der Waals surface area contributed by atoms with E-state index in [4.69, 9.17) is 9.81 Å². The molecular weight excluding hydrogens is 248 g/mol. The molecule has 0 heterocycles. The lowest BCUT2D eigenvalue weighted by Crippen LogP contribution is -2.17. The summed E-state index contributed by atoms with van der Waals surface area (Å²) in [6.45, 7) is 0.0171. The van der Waals surface area contributed by atoms with E-state index in [1.807, 2.05) is 0 Å². The summed E-state index contributed by atoms with van der Waals surface area (Å²) in [5.74, 6) is -1.18. The molecule has 0 aromatic heterocycles. The molecule has 0 fully saturated rings. The largest absolute Gasteiger partial charge is 0.465 e. The maximum absolute atomic E-state index is 10.9. The number of nitrogens with one attached hydrogen (secondary N) is 1. The fourth-order valence-corrected chi connectivity index (χ4v) is 1.12. The zero-order valence-corrected chi connectivity index (χ0v) is 9.90. The minimum atomic E-state index is -3.99. The number of carbonyl (C=O) groups is 1. The van der Waals surface area contributed by atoms with Gasteiger partial charge in [0.2, 0.25) is 0 Å². The van der Waals surface area contributed by atoms with Crippen molar-refractivity contribution in [2.45, 2.75) is 0 Å². The third-order valence-corrected chi connectivity index (χ3v) is 2.23. The van der Waals surface area contributed by atoms with Crippen LogP contribution in [0.4, 0.5) is 0 Å². The van der Waals surface area contributed by atoms with E-state index in [0.29, 0.717) is 0 Å². The van der Waals surface area contributed by atoms with Gasteiger partial charge in [-0.05, 0) is 18.4 Å². The molecule has 0 atom stereocenters. The summed E-state index contributed by atoms with van der Waals surface area (Å²) in [7, 11) is -2.83. The third-order valence-electron chi connectivity index (χ3n) is 1.51. The van der Waals surface area contributed by atoms with Gasteiger partial charge in [-0.2, -0.15) is 13.7 Å². The number of rotatable bonds is 6. The van der Waals surface area contributed by atoms with Crippen molar-refractivity contribution >= 4 is 16.1 Å². The summed E-state index contributed by atoms with van der Waals surface area (Å²) in [6, 6.07) is 1.64. The molecule has 8 heteroatoms. The van der Waals surface area contributed by atoms with Crippen molar-refractivity contribution in [1.29, 1.82) is 5.26 Å². The maximum atomic E-state index is 10.9. The topological polar surface area (TPSA) is 116 Å². The van der Waals surface area contributed by atoms with E-state index in [1.165, 1.54) is 18.4 Å². The van der Waals surface area contributed by atoms with Crippen LogP contribution in [-0.2, 0) is 19.6 Å². The molecule has 0 aromatic rings. The number of ether oxygens (including phenoxy) is 1. The summed E-state index contributed by atoms with van der Waals surface area (Å²) in [4.78, 5) is 10.9. The molecule has 94 valence electrons. The summed E-state index contributed by atoms with van der Waals surface area (Å²) >= 11 is 0. The second kappa shape index (κ2) is 7.43. The summed E-state index contributed by atoms with van der Waals surface area (Å²) in [5, 5.41) is 11.1. The molecule has 0 aliphatic carbocycles. The van der Waals surface area contributed by atoms with Crippen LogP contribution in [0.5, 0.6) is 0 Å². The fourth-order valence-electron chi connectivity index (χ4n) is 0.745. The quantitative estimate of drug-likeness (QED) is 0.167. The van der Waals surface area contributed by atoms with Gasteiger partial charge in [-0.1, -0.05) is 0 Å². The molecule has 7 nitrogen and oxygen atoms in total. The van der Waals surface area contributed by atoms with E-state index < -0.39 is 21.8 Å². The third kappa shape index (κ3) is 8.01. The van der Waals surface area contributed by atoms with Gasteiger partial charge in [-0.3, -0.25) is 4.55 Å². The van der Waals surface area contributed by atoms with Crippen molar-refractivity contribution in [1.82, 2.24) is 5.32 Å². The number of carbonyl (C=O) groups excluding carboxylic acids is 1. The van der Waals surface area contributed by atoms with Gasteiger partial charge in [0, 0.05) is 6.54 Å². The van der Waals surface area contributed by atoms with Crippen LogP contribution >= 0.6 is 0 Å². The summed E-state index contributed by atoms with van der Waals surface area (Å²) < 4.78 is 33.4. The Hall–Kier alpha value is -1.85. The van der Waals surface area contributed by atoms with Gasteiger partial charge in [0.1, 0.15) is 11.6 Å². The van der Waals surface area contributed by atoms with E-state index in [2.05, 4.69) is 10.1 Å². The first-order chi connectivity index (χ1) is 7.90. The standard InChI is InChI=1S/C9H12N2O5S/c1-16-9(12)8(7-10)3-2-4-11-5-6-17(13,14)15/h2-4,11H,5-6H2,1H3,(H,13,14,15)/b4-2+,8-3+. The average molecular weight is 260 g/mol. The van der Waals surface area contributed by atoms with Crippen LogP contribution in [-0.4, -0.2) is 38.3 Å². The molecule has 0 aliphatic heterocycles. The summed E-state index contributed by atoms with van der Waals surface area (Å²) in [5.41, 5.74) is -0.180. The number of hydrogen-bond donors (Lipinski definition) is 2. The monoisotopic (exact) mass is 260 g/mol. The first kappa shape index (κ1) is 15.2. The van der Waals surface area contributed by atoms with Gasteiger partial charge in [0.15, 0.2) is 0 Å². The Balaban J connectivity index is 4.14. The number of esters is 1. The van der Waals surface area contributed by atoms with Crippen LogP contribution < -0.4 is 5.32 Å². The van der Waals surface area contributed by atoms with Crippen LogP contribution in [0.1, 0.15) is 0 Å². The van der Waals surface area contributed by atoms with Crippen molar-refractivity contribution in [3.63, 3.8) is 0 Å². The molecule has 0 aliphatic rings. The molecular formula is C9H12N2O5S. The van der Waals surface area contributed by atoms with Crippen LogP contribution in [0.25, 0.3) is 0 Å². The summed E-state index contributed by atoms with van der Waals surface area (Å²) in [6.07, 6.45) is 3.90. The molecule has 0 saturated carbocycles. The molecule has 0 amide bonds. The maximum Gasteiger partial charge on any atom is 0.348 e. The van der Waals surface area contributed by atoms with Crippen molar-refractivity contribution < 1.29 is 22.5 Å². The second-order valence-corrected chi connectivity index (χ2v) is 4.36. The Kier molecular flexibility index (Phi) is 6.62. The smallest absolute Gasteiger partial charge is 0.348 e. The van der Waals surface area contributed by atoms with Crippen LogP contribution in [0.15, 0.2) is 23.9 Å². The second-order valence-electron chi connectivity index (χ2n) is 2.78.